The van der Waals surface area contributed by atoms with E-state index in [4.69, 9.17) is 11.6 Å². The number of benzene rings is 2. The predicted molar refractivity (Wildman–Crippen MR) is 90.6 cm³/mol. The largest absolute Gasteiger partial charge is 0.313 e. The summed E-state index contributed by atoms with van der Waals surface area (Å²) in [5, 5.41) is 4.24. The molecule has 0 aromatic heterocycles. The Bertz CT molecular complexity index is 610. The molecule has 0 heterocycles. The zero-order valence-corrected chi connectivity index (χ0v) is 14.3. The Morgan fingerprint density at radius 2 is 1.90 bits per heavy atom. The van der Waals surface area contributed by atoms with E-state index in [1.165, 1.54) is 22.3 Å². The molecule has 0 spiro atoms. The molecule has 0 aliphatic carbocycles. The van der Waals surface area contributed by atoms with Gasteiger partial charge >= 0.3 is 0 Å². The van der Waals surface area contributed by atoms with Gasteiger partial charge < -0.3 is 5.32 Å². The van der Waals surface area contributed by atoms with Crippen LogP contribution in [0.25, 0.3) is 0 Å². The minimum Gasteiger partial charge on any atom is -0.313 e. The molecule has 0 bridgehead atoms. The van der Waals surface area contributed by atoms with Crippen molar-refractivity contribution >= 4 is 27.5 Å². The molecule has 1 atom stereocenters. The van der Waals surface area contributed by atoms with E-state index in [0.717, 1.165) is 15.9 Å². The maximum Gasteiger partial charge on any atom is 0.0441 e. The summed E-state index contributed by atoms with van der Waals surface area (Å²) in [6.45, 7) is 4.20. The topological polar surface area (TPSA) is 12.0 Å². The van der Waals surface area contributed by atoms with Gasteiger partial charge in [0, 0.05) is 15.5 Å². The number of aryl methyl sites for hydroxylation is 2. The van der Waals surface area contributed by atoms with Gasteiger partial charge in [0.1, 0.15) is 0 Å². The quantitative estimate of drug-likeness (QED) is 0.795. The van der Waals surface area contributed by atoms with Crippen molar-refractivity contribution in [1.82, 2.24) is 5.32 Å². The number of hydrogen-bond donors (Lipinski definition) is 1. The van der Waals surface area contributed by atoms with Gasteiger partial charge in [0.25, 0.3) is 0 Å². The van der Waals surface area contributed by atoms with Crippen molar-refractivity contribution in [2.24, 2.45) is 0 Å². The molecule has 106 valence electrons. The molecule has 2 aromatic rings. The van der Waals surface area contributed by atoms with Crippen LogP contribution in [-0.4, -0.2) is 7.05 Å². The molecule has 0 aliphatic heterocycles. The highest BCUT2D eigenvalue weighted by atomic mass is 79.9. The lowest BCUT2D eigenvalue weighted by Gasteiger charge is -2.20. The van der Waals surface area contributed by atoms with E-state index in [-0.39, 0.29) is 6.04 Å². The summed E-state index contributed by atoms with van der Waals surface area (Å²) in [6, 6.07) is 12.9. The third kappa shape index (κ3) is 3.63. The number of nitrogens with one attached hydrogen (secondary N) is 1. The maximum atomic E-state index is 6.35. The van der Waals surface area contributed by atoms with E-state index >= 15 is 0 Å². The minimum atomic E-state index is 0.267. The zero-order chi connectivity index (χ0) is 14.7. The van der Waals surface area contributed by atoms with E-state index in [0.29, 0.717) is 0 Å². The van der Waals surface area contributed by atoms with Crippen LogP contribution in [0.5, 0.6) is 0 Å². The molecule has 0 aliphatic rings. The molecule has 1 unspecified atom stereocenters. The first-order valence-corrected chi connectivity index (χ1v) is 7.86. The SMILES string of the molecule is CNC(Cc1ccc(C)cc1Cl)c1ccc(Br)cc1C. The molecule has 1 N–H and O–H groups in total. The molecule has 0 radical (unpaired) electrons. The Kier molecular flexibility index (Phi) is 5.25. The summed E-state index contributed by atoms with van der Waals surface area (Å²) in [6.07, 6.45) is 0.887. The number of rotatable bonds is 4. The molecule has 2 aromatic carbocycles. The third-order valence-electron chi connectivity index (χ3n) is 3.59. The number of likely N-dealkylation sites (N-methyl/N-ethyl adjacent to an activating group) is 1. The molecule has 1 nitrogen and oxygen atoms in total. The lowest BCUT2D eigenvalue weighted by Crippen LogP contribution is -2.20. The van der Waals surface area contributed by atoms with Crippen molar-refractivity contribution in [3.8, 4) is 0 Å². The predicted octanol–water partition coefficient (Wildman–Crippen LogP) is 5.22. The normalized spacial score (nSPS) is 12.4. The Morgan fingerprint density at radius 1 is 1.15 bits per heavy atom. The second-order valence-corrected chi connectivity index (χ2v) is 6.46. The summed E-state index contributed by atoms with van der Waals surface area (Å²) in [4.78, 5) is 0. The first kappa shape index (κ1) is 15.6. The Balaban J connectivity index is 2.28. The van der Waals surface area contributed by atoms with Crippen LogP contribution in [0.1, 0.15) is 28.3 Å². The highest BCUT2D eigenvalue weighted by Crippen LogP contribution is 2.27. The van der Waals surface area contributed by atoms with Crippen molar-refractivity contribution in [2.75, 3.05) is 7.05 Å². The van der Waals surface area contributed by atoms with Crippen LogP contribution in [0.15, 0.2) is 40.9 Å². The summed E-state index contributed by atoms with van der Waals surface area (Å²) >= 11 is 9.86. The van der Waals surface area contributed by atoms with Crippen LogP contribution in [0.2, 0.25) is 5.02 Å². The smallest absolute Gasteiger partial charge is 0.0441 e. The van der Waals surface area contributed by atoms with E-state index in [1.54, 1.807) is 0 Å². The van der Waals surface area contributed by atoms with Gasteiger partial charge in [0.05, 0.1) is 0 Å². The fourth-order valence-electron chi connectivity index (χ4n) is 2.44. The molecule has 0 amide bonds. The molecule has 0 saturated carbocycles. The molecule has 0 saturated heterocycles. The average Bonchev–Trinajstić information content (AvgIpc) is 2.39. The fraction of sp³-hybridized carbons (Fsp3) is 0.294. The fourth-order valence-corrected chi connectivity index (χ4v) is 3.22. The zero-order valence-electron chi connectivity index (χ0n) is 12.0. The first-order valence-electron chi connectivity index (χ1n) is 6.69. The van der Waals surface area contributed by atoms with Crippen LogP contribution in [0.3, 0.4) is 0 Å². The van der Waals surface area contributed by atoms with Crippen molar-refractivity contribution in [2.45, 2.75) is 26.3 Å². The van der Waals surface area contributed by atoms with Crippen LogP contribution in [0, 0.1) is 13.8 Å². The maximum absolute atomic E-state index is 6.35. The lowest BCUT2D eigenvalue weighted by atomic mass is 9.95. The van der Waals surface area contributed by atoms with Crippen LogP contribution in [0.4, 0.5) is 0 Å². The Hall–Kier alpha value is -0.830. The van der Waals surface area contributed by atoms with Crippen molar-refractivity contribution in [3.05, 3.63) is 68.1 Å². The van der Waals surface area contributed by atoms with Gasteiger partial charge in [-0.25, -0.2) is 0 Å². The molecule has 20 heavy (non-hydrogen) atoms. The summed E-state index contributed by atoms with van der Waals surface area (Å²) < 4.78 is 1.11. The van der Waals surface area contributed by atoms with E-state index in [1.807, 2.05) is 13.1 Å². The third-order valence-corrected chi connectivity index (χ3v) is 4.43. The van der Waals surface area contributed by atoms with Gasteiger partial charge in [-0.15, -0.1) is 0 Å². The lowest BCUT2D eigenvalue weighted by molar-refractivity contribution is 0.589. The van der Waals surface area contributed by atoms with Gasteiger partial charge in [0.15, 0.2) is 0 Å². The van der Waals surface area contributed by atoms with E-state index < -0.39 is 0 Å². The second kappa shape index (κ2) is 6.75. The minimum absolute atomic E-state index is 0.267. The van der Waals surface area contributed by atoms with Crippen molar-refractivity contribution in [3.63, 3.8) is 0 Å². The summed E-state index contributed by atoms with van der Waals surface area (Å²) in [5.41, 5.74) is 4.97. The van der Waals surface area contributed by atoms with E-state index in [2.05, 4.69) is 65.4 Å². The van der Waals surface area contributed by atoms with Gasteiger partial charge in [-0.3, -0.25) is 0 Å². The van der Waals surface area contributed by atoms with Crippen LogP contribution >= 0.6 is 27.5 Å². The standard InChI is InChI=1S/C17H19BrClN/c1-11-4-5-13(16(19)8-11)10-17(20-3)15-7-6-14(18)9-12(15)2/h4-9,17,20H,10H2,1-3H3. The van der Waals surface area contributed by atoms with Gasteiger partial charge in [0.2, 0.25) is 0 Å². The molecule has 2 rings (SSSR count). The van der Waals surface area contributed by atoms with E-state index in [9.17, 15) is 0 Å². The number of halogens is 2. The molecular formula is C17H19BrClN. The highest BCUT2D eigenvalue weighted by Gasteiger charge is 2.14. The monoisotopic (exact) mass is 351 g/mol. The van der Waals surface area contributed by atoms with Crippen LogP contribution < -0.4 is 5.32 Å². The van der Waals surface area contributed by atoms with Crippen molar-refractivity contribution < 1.29 is 0 Å². The van der Waals surface area contributed by atoms with Crippen LogP contribution in [-0.2, 0) is 6.42 Å². The van der Waals surface area contributed by atoms with Gasteiger partial charge in [-0.05, 0) is 67.8 Å². The first-order chi connectivity index (χ1) is 9.51. The second-order valence-electron chi connectivity index (χ2n) is 5.14. The van der Waals surface area contributed by atoms with Crippen molar-refractivity contribution in [1.29, 1.82) is 0 Å². The Labute approximate surface area is 134 Å². The molecule has 3 heteroatoms. The summed E-state index contributed by atoms with van der Waals surface area (Å²) in [5.74, 6) is 0. The molecular weight excluding hydrogens is 334 g/mol. The molecule has 0 fully saturated rings. The highest BCUT2D eigenvalue weighted by molar-refractivity contribution is 9.10. The Morgan fingerprint density at radius 3 is 2.50 bits per heavy atom. The number of hydrogen-bond acceptors (Lipinski definition) is 1. The summed E-state index contributed by atoms with van der Waals surface area (Å²) in [7, 11) is 1.99. The van der Waals surface area contributed by atoms with Gasteiger partial charge in [-0.1, -0.05) is 45.7 Å². The average molecular weight is 353 g/mol. The van der Waals surface area contributed by atoms with Gasteiger partial charge in [-0.2, -0.15) is 0 Å².